The van der Waals surface area contributed by atoms with Gasteiger partial charge in [0.25, 0.3) is 0 Å². The van der Waals surface area contributed by atoms with Crippen LogP contribution in [0.25, 0.3) is 0 Å². The van der Waals surface area contributed by atoms with Gasteiger partial charge in [-0.3, -0.25) is 4.79 Å². The highest BCUT2D eigenvalue weighted by molar-refractivity contribution is 5.71. The SMILES string of the molecule is O=C(O)C1CNCCC1F. The van der Waals surface area contributed by atoms with Gasteiger partial charge < -0.3 is 10.4 Å². The molecule has 0 spiro atoms. The standard InChI is InChI=1S/C6H10FNO2/c7-5-1-2-8-3-4(5)6(9)10/h4-5,8H,1-3H2,(H,9,10). The highest BCUT2D eigenvalue weighted by Gasteiger charge is 2.30. The molecule has 0 bridgehead atoms. The molecule has 0 aromatic heterocycles. The van der Waals surface area contributed by atoms with Crippen LogP contribution in [0, 0.1) is 5.92 Å². The van der Waals surface area contributed by atoms with Crippen LogP contribution in [0.1, 0.15) is 6.42 Å². The Morgan fingerprint density at radius 2 is 2.40 bits per heavy atom. The van der Waals surface area contributed by atoms with Crippen LogP contribution in [-0.4, -0.2) is 30.3 Å². The number of halogens is 1. The molecule has 0 aliphatic carbocycles. The molecule has 1 aliphatic rings. The molecular formula is C6H10FNO2. The van der Waals surface area contributed by atoms with E-state index < -0.39 is 18.1 Å². The second kappa shape index (κ2) is 2.96. The molecule has 3 nitrogen and oxygen atoms in total. The molecule has 58 valence electrons. The van der Waals surface area contributed by atoms with Crippen LogP contribution in [0.4, 0.5) is 4.39 Å². The van der Waals surface area contributed by atoms with Crippen molar-refractivity contribution in [3.05, 3.63) is 0 Å². The summed E-state index contributed by atoms with van der Waals surface area (Å²) in [5.74, 6) is -1.88. The van der Waals surface area contributed by atoms with Crippen LogP contribution in [-0.2, 0) is 4.79 Å². The quantitative estimate of drug-likeness (QED) is 0.549. The first-order valence-corrected chi connectivity index (χ1v) is 3.29. The summed E-state index contributed by atoms with van der Waals surface area (Å²) in [7, 11) is 0. The van der Waals surface area contributed by atoms with Crippen LogP contribution < -0.4 is 5.32 Å². The van der Waals surface area contributed by atoms with Crippen LogP contribution >= 0.6 is 0 Å². The van der Waals surface area contributed by atoms with Gasteiger partial charge in [0.05, 0.1) is 0 Å². The summed E-state index contributed by atoms with van der Waals surface area (Å²) in [6.07, 6.45) is -0.851. The summed E-state index contributed by atoms with van der Waals surface area (Å²) >= 11 is 0. The third-order valence-corrected chi connectivity index (χ3v) is 1.71. The Labute approximate surface area is 58.2 Å². The molecule has 1 rings (SSSR count). The molecule has 2 unspecified atom stereocenters. The van der Waals surface area contributed by atoms with Gasteiger partial charge in [0.15, 0.2) is 0 Å². The Morgan fingerprint density at radius 1 is 1.70 bits per heavy atom. The molecule has 1 saturated heterocycles. The van der Waals surface area contributed by atoms with E-state index in [-0.39, 0.29) is 6.54 Å². The number of alkyl halides is 1. The minimum absolute atomic E-state index is 0.260. The minimum atomic E-state index is -1.17. The minimum Gasteiger partial charge on any atom is -0.481 e. The molecular weight excluding hydrogens is 137 g/mol. The van der Waals surface area contributed by atoms with E-state index >= 15 is 0 Å². The maximum Gasteiger partial charge on any atom is 0.310 e. The number of carboxylic acid groups (broad SMARTS) is 1. The van der Waals surface area contributed by atoms with Gasteiger partial charge in [-0.15, -0.1) is 0 Å². The fraction of sp³-hybridized carbons (Fsp3) is 0.833. The molecule has 0 aromatic carbocycles. The highest BCUT2D eigenvalue weighted by atomic mass is 19.1. The molecule has 1 fully saturated rings. The first-order chi connectivity index (χ1) is 4.72. The summed E-state index contributed by atoms with van der Waals surface area (Å²) in [5, 5.41) is 11.3. The van der Waals surface area contributed by atoms with Gasteiger partial charge in [0, 0.05) is 6.54 Å². The molecule has 0 radical (unpaired) electrons. The smallest absolute Gasteiger partial charge is 0.310 e. The lowest BCUT2D eigenvalue weighted by Gasteiger charge is -2.22. The molecule has 0 amide bonds. The number of aliphatic carboxylic acids is 1. The molecule has 4 heteroatoms. The van der Waals surface area contributed by atoms with Crippen molar-refractivity contribution >= 4 is 5.97 Å². The van der Waals surface area contributed by atoms with Crippen molar-refractivity contribution in [3.8, 4) is 0 Å². The van der Waals surface area contributed by atoms with Crippen molar-refractivity contribution in [2.75, 3.05) is 13.1 Å². The zero-order valence-electron chi connectivity index (χ0n) is 5.51. The van der Waals surface area contributed by atoms with Gasteiger partial charge >= 0.3 is 5.97 Å². The number of hydrogen-bond acceptors (Lipinski definition) is 2. The maximum absolute atomic E-state index is 12.7. The van der Waals surface area contributed by atoms with Gasteiger partial charge in [-0.05, 0) is 13.0 Å². The average Bonchev–Trinajstić information content (AvgIpc) is 1.88. The topological polar surface area (TPSA) is 49.3 Å². The molecule has 10 heavy (non-hydrogen) atoms. The average molecular weight is 147 g/mol. The normalized spacial score (nSPS) is 33.7. The molecule has 1 aliphatic heterocycles. The van der Waals surface area contributed by atoms with E-state index in [0.717, 1.165) is 0 Å². The van der Waals surface area contributed by atoms with Crippen LogP contribution in [0.3, 0.4) is 0 Å². The fourth-order valence-corrected chi connectivity index (χ4v) is 1.07. The zero-order chi connectivity index (χ0) is 7.56. The largest absolute Gasteiger partial charge is 0.481 e. The Morgan fingerprint density at radius 3 is 2.80 bits per heavy atom. The summed E-state index contributed by atoms with van der Waals surface area (Å²) in [4.78, 5) is 10.3. The second-order valence-electron chi connectivity index (χ2n) is 2.45. The van der Waals surface area contributed by atoms with Crippen molar-refractivity contribution < 1.29 is 14.3 Å². The summed E-state index contributed by atoms with van der Waals surface area (Å²) in [6, 6.07) is 0. The second-order valence-corrected chi connectivity index (χ2v) is 2.45. The molecule has 2 atom stereocenters. The van der Waals surface area contributed by atoms with Gasteiger partial charge in [0.1, 0.15) is 12.1 Å². The van der Waals surface area contributed by atoms with Crippen molar-refractivity contribution in [1.82, 2.24) is 5.32 Å². The van der Waals surface area contributed by atoms with E-state index in [4.69, 9.17) is 5.11 Å². The lowest BCUT2D eigenvalue weighted by molar-refractivity contribution is -0.144. The van der Waals surface area contributed by atoms with Gasteiger partial charge in [-0.2, -0.15) is 0 Å². The van der Waals surface area contributed by atoms with E-state index in [1.54, 1.807) is 0 Å². The van der Waals surface area contributed by atoms with E-state index in [2.05, 4.69) is 5.32 Å². The van der Waals surface area contributed by atoms with E-state index in [9.17, 15) is 9.18 Å². The summed E-state index contributed by atoms with van der Waals surface area (Å²) in [6.45, 7) is 0.849. The van der Waals surface area contributed by atoms with Crippen molar-refractivity contribution in [2.24, 2.45) is 5.92 Å². The maximum atomic E-state index is 12.7. The number of nitrogens with one attached hydrogen (secondary N) is 1. The Kier molecular flexibility index (Phi) is 2.21. The molecule has 1 heterocycles. The Bertz CT molecular complexity index is 140. The van der Waals surface area contributed by atoms with Crippen molar-refractivity contribution in [3.63, 3.8) is 0 Å². The molecule has 2 N–H and O–H groups in total. The van der Waals surface area contributed by atoms with E-state index in [1.165, 1.54) is 0 Å². The van der Waals surface area contributed by atoms with Gasteiger partial charge in [-0.1, -0.05) is 0 Å². The predicted octanol–water partition coefficient (Wildman–Crippen LogP) is 0.0186. The third-order valence-electron chi connectivity index (χ3n) is 1.71. The Hall–Kier alpha value is -0.640. The van der Waals surface area contributed by atoms with Crippen LogP contribution in [0.2, 0.25) is 0 Å². The third kappa shape index (κ3) is 1.44. The van der Waals surface area contributed by atoms with Crippen molar-refractivity contribution in [1.29, 1.82) is 0 Å². The number of hydrogen-bond donors (Lipinski definition) is 2. The highest BCUT2D eigenvalue weighted by Crippen LogP contribution is 2.14. The monoisotopic (exact) mass is 147 g/mol. The van der Waals surface area contributed by atoms with Crippen molar-refractivity contribution in [2.45, 2.75) is 12.6 Å². The molecule has 0 saturated carbocycles. The van der Waals surface area contributed by atoms with Crippen LogP contribution in [0.5, 0.6) is 0 Å². The van der Waals surface area contributed by atoms with Gasteiger partial charge in [-0.25, -0.2) is 4.39 Å². The summed E-state index contributed by atoms with van der Waals surface area (Å²) in [5.41, 5.74) is 0. The molecule has 0 aromatic rings. The zero-order valence-corrected chi connectivity index (χ0v) is 5.51. The first kappa shape index (κ1) is 7.47. The van der Waals surface area contributed by atoms with Gasteiger partial charge in [0.2, 0.25) is 0 Å². The number of rotatable bonds is 1. The number of piperidine rings is 1. The first-order valence-electron chi connectivity index (χ1n) is 3.29. The predicted molar refractivity (Wildman–Crippen MR) is 33.5 cm³/mol. The lowest BCUT2D eigenvalue weighted by atomic mass is 9.98. The number of carboxylic acids is 1. The lowest BCUT2D eigenvalue weighted by Crippen LogP contribution is -2.41. The van der Waals surface area contributed by atoms with E-state index in [1.807, 2.05) is 0 Å². The van der Waals surface area contributed by atoms with Crippen LogP contribution in [0.15, 0.2) is 0 Å². The van der Waals surface area contributed by atoms with E-state index in [0.29, 0.717) is 13.0 Å². The fourth-order valence-electron chi connectivity index (χ4n) is 1.07. The Balaban J connectivity index is 2.47. The summed E-state index contributed by atoms with van der Waals surface area (Å²) < 4.78 is 12.7. The number of carbonyl (C=O) groups is 1.